The van der Waals surface area contributed by atoms with Crippen LogP contribution in [0.25, 0.3) is 0 Å². The number of aryl methyl sites for hydroxylation is 2. The first kappa shape index (κ1) is 15.6. The lowest BCUT2D eigenvalue weighted by Gasteiger charge is -2.22. The Labute approximate surface area is 130 Å². The summed E-state index contributed by atoms with van der Waals surface area (Å²) in [6, 6.07) is 9.21. The number of nitrogens with two attached hydrogens (primary N) is 1. The smallest absolute Gasteiger partial charge is 0.0459 e. The molecule has 1 aromatic carbocycles. The van der Waals surface area contributed by atoms with Crippen LogP contribution >= 0.6 is 23.1 Å². The molecule has 2 aromatic rings. The van der Waals surface area contributed by atoms with Gasteiger partial charge in [-0.25, -0.2) is 0 Å². The second-order valence-corrected chi connectivity index (χ2v) is 7.27. The summed E-state index contributed by atoms with van der Waals surface area (Å²) < 4.78 is 0. The quantitative estimate of drug-likeness (QED) is 0.805. The van der Waals surface area contributed by atoms with Crippen LogP contribution in [0.2, 0.25) is 0 Å². The molecule has 2 rings (SSSR count). The van der Waals surface area contributed by atoms with Crippen LogP contribution in [-0.2, 0) is 5.75 Å². The summed E-state index contributed by atoms with van der Waals surface area (Å²) in [7, 11) is 0. The van der Waals surface area contributed by atoms with Crippen LogP contribution in [-0.4, -0.2) is 6.04 Å². The molecule has 0 bridgehead atoms. The summed E-state index contributed by atoms with van der Waals surface area (Å²) in [6.45, 7) is 6.49. The maximum Gasteiger partial charge on any atom is 0.0459 e. The number of benzene rings is 1. The molecule has 3 heteroatoms. The zero-order valence-electron chi connectivity index (χ0n) is 12.4. The van der Waals surface area contributed by atoms with Crippen molar-refractivity contribution in [2.45, 2.75) is 44.2 Å². The zero-order chi connectivity index (χ0) is 14.5. The molecule has 0 aliphatic heterocycles. The first-order valence-electron chi connectivity index (χ1n) is 7.06. The molecule has 1 heterocycles. The minimum atomic E-state index is 0.223. The summed E-state index contributed by atoms with van der Waals surface area (Å²) >= 11 is 3.72. The van der Waals surface area contributed by atoms with E-state index in [1.54, 1.807) is 11.3 Å². The fourth-order valence-corrected chi connectivity index (χ4v) is 4.56. The Hall–Kier alpha value is -0.770. The van der Waals surface area contributed by atoms with Crippen molar-refractivity contribution in [1.29, 1.82) is 0 Å². The lowest BCUT2D eigenvalue weighted by molar-refractivity contribution is 0.635. The third kappa shape index (κ3) is 4.11. The average molecular weight is 306 g/mol. The van der Waals surface area contributed by atoms with Gasteiger partial charge in [0.1, 0.15) is 0 Å². The summed E-state index contributed by atoms with van der Waals surface area (Å²) in [5.74, 6) is 1.02. The molecule has 0 radical (unpaired) electrons. The highest BCUT2D eigenvalue weighted by Crippen LogP contribution is 2.36. The van der Waals surface area contributed by atoms with Crippen LogP contribution in [0.3, 0.4) is 0 Å². The fraction of sp³-hybridized carbons (Fsp3) is 0.412. The van der Waals surface area contributed by atoms with Crippen molar-refractivity contribution in [3.8, 4) is 0 Å². The number of rotatable bonds is 6. The van der Waals surface area contributed by atoms with Gasteiger partial charge in [0.05, 0.1) is 0 Å². The molecular formula is C17H23NS2. The van der Waals surface area contributed by atoms with E-state index in [0.29, 0.717) is 5.25 Å². The van der Waals surface area contributed by atoms with Gasteiger partial charge in [-0.1, -0.05) is 36.2 Å². The molecule has 0 saturated carbocycles. The van der Waals surface area contributed by atoms with Gasteiger partial charge in [0.15, 0.2) is 0 Å². The highest BCUT2D eigenvalue weighted by molar-refractivity contribution is 7.98. The molecule has 2 atom stereocenters. The van der Waals surface area contributed by atoms with Crippen LogP contribution in [0, 0.1) is 13.8 Å². The molecule has 2 unspecified atom stereocenters. The Balaban J connectivity index is 2.09. The Kier molecular flexibility index (Phi) is 5.70. The van der Waals surface area contributed by atoms with Gasteiger partial charge in [0.2, 0.25) is 0 Å². The van der Waals surface area contributed by atoms with Crippen molar-refractivity contribution >= 4 is 23.1 Å². The van der Waals surface area contributed by atoms with Crippen molar-refractivity contribution in [1.82, 2.24) is 0 Å². The third-order valence-corrected chi connectivity index (χ3v) is 5.63. The molecule has 0 saturated heterocycles. The van der Waals surface area contributed by atoms with Crippen LogP contribution < -0.4 is 5.73 Å². The minimum Gasteiger partial charge on any atom is -0.326 e. The molecule has 0 aliphatic carbocycles. The monoisotopic (exact) mass is 305 g/mol. The topological polar surface area (TPSA) is 26.0 Å². The van der Waals surface area contributed by atoms with E-state index in [-0.39, 0.29) is 6.04 Å². The van der Waals surface area contributed by atoms with Gasteiger partial charge in [-0.15, -0.1) is 11.8 Å². The Morgan fingerprint density at radius 3 is 2.45 bits per heavy atom. The molecule has 0 fully saturated rings. The van der Waals surface area contributed by atoms with Gasteiger partial charge in [0, 0.05) is 17.0 Å². The van der Waals surface area contributed by atoms with Crippen LogP contribution in [0.4, 0.5) is 0 Å². The van der Waals surface area contributed by atoms with Crippen LogP contribution in [0.15, 0.2) is 35.0 Å². The van der Waals surface area contributed by atoms with E-state index in [9.17, 15) is 0 Å². The summed E-state index contributed by atoms with van der Waals surface area (Å²) in [5, 5.41) is 4.77. The second-order valence-electron chi connectivity index (χ2n) is 5.36. The molecule has 1 aromatic heterocycles. The number of thiophene rings is 1. The maximum absolute atomic E-state index is 6.32. The zero-order valence-corrected chi connectivity index (χ0v) is 14.1. The fourth-order valence-electron chi connectivity index (χ4n) is 2.46. The van der Waals surface area contributed by atoms with Crippen molar-refractivity contribution in [3.05, 3.63) is 57.3 Å². The maximum atomic E-state index is 6.32. The van der Waals surface area contributed by atoms with Gasteiger partial charge in [0.25, 0.3) is 0 Å². The van der Waals surface area contributed by atoms with E-state index in [2.05, 4.69) is 55.8 Å². The SMILES string of the molecule is CCC(N)C(SCc1cc(C)cc(C)c1)c1ccsc1. The lowest BCUT2D eigenvalue weighted by atomic mass is 10.1. The van der Waals surface area contributed by atoms with Crippen molar-refractivity contribution in [3.63, 3.8) is 0 Å². The molecule has 0 spiro atoms. The predicted molar refractivity (Wildman–Crippen MR) is 92.5 cm³/mol. The third-order valence-electron chi connectivity index (χ3n) is 3.44. The van der Waals surface area contributed by atoms with Gasteiger partial charge in [-0.2, -0.15) is 11.3 Å². The molecule has 0 aliphatic rings. The first-order valence-corrected chi connectivity index (χ1v) is 9.05. The van der Waals surface area contributed by atoms with E-state index >= 15 is 0 Å². The molecule has 1 nitrogen and oxygen atoms in total. The number of hydrogen-bond acceptors (Lipinski definition) is 3. The second kappa shape index (κ2) is 7.30. The van der Waals surface area contributed by atoms with Crippen molar-refractivity contribution in [2.24, 2.45) is 5.73 Å². The highest BCUT2D eigenvalue weighted by Gasteiger charge is 2.19. The van der Waals surface area contributed by atoms with Crippen LogP contribution in [0.1, 0.15) is 40.8 Å². The van der Waals surface area contributed by atoms with Gasteiger partial charge in [-0.05, 0) is 48.2 Å². The molecule has 2 N–H and O–H groups in total. The molecule has 108 valence electrons. The van der Waals surface area contributed by atoms with Crippen LogP contribution in [0.5, 0.6) is 0 Å². The number of hydrogen-bond donors (Lipinski definition) is 1. The predicted octanol–water partition coefficient (Wildman–Crippen LogP) is 5.08. The average Bonchev–Trinajstić information content (AvgIpc) is 2.91. The van der Waals surface area contributed by atoms with Gasteiger partial charge in [-0.3, -0.25) is 0 Å². The Morgan fingerprint density at radius 2 is 1.90 bits per heavy atom. The minimum absolute atomic E-state index is 0.223. The normalized spacial score (nSPS) is 14.2. The van der Waals surface area contributed by atoms with Gasteiger partial charge < -0.3 is 5.73 Å². The van der Waals surface area contributed by atoms with E-state index in [1.165, 1.54) is 22.3 Å². The Bertz CT molecular complexity index is 514. The van der Waals surface area contributed by atoms with E-state index < -0.39 is 0 Å². The first-order chi connectivity index (χ1) is 9.60. The summed E-state index contributed by atoms with van der Waals surface area (Å²) in [4.78, 5) is 0. The standard InChI is InChI=1S/C17H23NS2/c1-4-16(18)17(15-5-6-19-11-15)20-10-14-8-12(2)7-13(3)9-14/h5-9,11,16-17H,4,10,18H2,1-3H3. The van der Waals surface area contributed by atoms with Gasteiger partial charge >= 0.3 is 0 Å². The van der Waals surface area contributed by atoms with Crippen molar-refractivity contribution in [2.75, 3.05) is 0 Å². The highest BCUT2D eigenvalue weighted by atomic mass is 32.2. The van der Waals surface area contributed by atoms with E-state index in [1.807, 2.05) is 11.8 Å². The lowest BCUT2D eigenvalue weighted by Crippen LogP contribution is -2.25. The van der Waals surface area contributed by atoms with Crippen molar-refractivity contribution < 1.29 is 0 Å². The van der Waals surface area contributed by atoms with E-state index in [0.717, 1.165) is 12.2 Å². The number of thioether (sulfide) groups is 1. The molecular weight excluding hydrogens is 282 g/mol. The molecule has 20 heavy (non-hydrogen) atoms. The summed E-state index contributed by atoms with van der Waals surface area (Å²) in [6.07, 6.45) is 1.01. The van der Waals surface area contributed by atoms with E-state index in [4.69, 9.17) is 5.73 Å². The largest absolute Gasteiger partial charge is 0.326 e. The molecule has 0 amide bonds. The summed E-state index contributed by atoms with van der Waals surface area (Å²) in [5.41, 5.74) is 11.8. The Morgan fingerprint density at radius 1 is 1.20 bits per heavy atom.